The van der Waals surface area contributed by atoms with E-state index in [0.29, 0.717) is 12.1 Å². The van der Waals surface area contributed by atoms with Crippen molar-refractivity contribution in [1.29, 1.82) is 0 Å². The minimum Gasteiger partial charge on any atom is -0.497 e. The molecule has 2 heterocycles. The van der Waals surface area contributed by atoms with Crippen LogP contribution >= 0.6 is 0 Å². The van der Waals surface area contributed by atoms with Crippen LogP contribution in [-0.4, -0.2) is 37.2 Å². The molecule has 3 atom stereocenters. The molecule has 104 valence electrons. The maximum atomic E-state index is 5.31. The molecule has 0 aliphatic carbocycles. The highest BCUT2D eigenvalue weighted by Crippen LogP contribution is 2.30. The summed E-state index contributed by atoms with van der Waals surface area (Å²) in [7, 11) is 1.73. The van der Waals surface area contributed by atoms with Crippen LogP contribution in [0.4, 0.5) is 0 Å². The second-order valence-corrected chi connectivity index (χ2v) is 5.81. The van der Waals surface area contributed by atoms with Crippen LogP contribution in [0.3, 0.4) is 0 Å². The Morgan fingerprint density at radius 2 is 2.21 bits per heavy atom. The number of hydrogen-bond acceptors (Lipinski definition) is 3. The zero-order valence-electron chi connectivity index (χ0n) is 11.9. The molecular weight excluding hydrogens is 236 g/mol. The van der Waals surface area contributed by atoms with Crippen LogP contribution in [0.15, 0.2) is 24.3 Å². The molecule has 0 saturated carbocycles. The smallest absolute Gasteiger partial charge is 0.119 e. The molecule has 0 aromatic heterocycles. The summed E-state index contributed by atoms with van der Waals surface area (Å²) in [5, 5.41) is 3.82. The predicted molar refractivity (Wildman–Crippen MR) is 77.5 cm³/mol. The van der Waals surface area contributed by atoms with E-state index >= 15 is 0 Å². The molecule has 3 rings (SSSR count). The van der Waals surface area contributed by atoms with Gasteiger partial charge in [-0.3, -0.25) is 4.90 Å². The molecule has 0 amide bonds. The van der Waals surface area contributed by atoms with E-state index in [0.717, 1.165) is 11.8 Å². The number of methoxy groups -OCH3 is 1. The lowest BCUT2D eigenvalue weighted by Crippen LogP contribution is -2.40. The second-order valence-electron chi connectivity index (χ2n) is 5.81. The zero-order chi connectivity index (χ0) is 13.2. The van der Waals surface area contributed by atoms with Crippen molar-refractivity contribution < 1.29 is 4.74 Å². The highest BCUT2D eigenvalue weighted by Gasteiger charge is 2.37. The Labute approximate surface area is 115 Å². The lowest BCUT2D eigenvalue weighted by Gasteiger charge is -2.25. The normalized spacial score (nSPS) is 28.3. The monoisotopic (exact) mass is 260 g/mol. The molecular formula is C16H24N2O. The first kappa shape index (κ1) is 12.9. The van der Waals surface area contributed by atoms with Gasteiger partial charge in [0, 0.05) is 24.7 Å². The van der Waals surface area contributed by atoms with Gasteiger partial charge in [0.25, 0.3) is 0 Å². The third kappa shape index (κ3) is 2.63. The van der Waals surface area contributed by atoms with Crippen LogP contribution < -0.4 is 10.1 Å². The summed E-state index contributed by atoms with van der Waals surface area (Å²) >= 11 is 0. The maximum absolute atomic E-state index is 5.31. The Kier molecular flexibility index (Phi) is 3.76. The van der Waals surface area contributed by atoms with E-state index in [1.165, 1.54) is 37.9 Å². The van der Waals surface area contributed by atoms with Gasteiger partial charge in [-0.15, -0.1) is 0 Å². The molecule has 1 aromatic rings. The number of ether oxygens (including phenoxy) is 1. The van der Waals surface area contributed by atoms with Crippen molar-refractivity contribution in [1.82, 2.24) is 10.2 Å². The number of rotatable bonds is 4. The molecule has 0 radical (unpaired) electrons. The topological polar surface area (TPSA) is 24.5 Å². The van der Waals surface area contributed by atoms with Crippen molar-refractivity contribution in [3.8, 4) is 5.75 Å². The van der Waals surface area contributed by atoms with Gasteiger partial charge in [-0.25, -0.2) is 0 Å². The molecule has 1 aromatic carbocycles. The van der Waals surface area contributed by atoms with Crippen LogP contribution in [0.25, 0.3) is 0 Å². The van der Waals surface area contributed by atoms with E-state index in [1.54, 1.807) is 7.11 Å². The molecule has 2 aliphatic rings. The van der Waals surface area contributed by atoms with E-state index in [1.807, 2.05) is 6.07 Å². The molecule has 19 heavy (non-hydrogen) atoms. The summed E-state index contributed by atoms with van der Waals surface area (Å²) in [6, 6.07) is 10.2. The zero-order valence-corrected chi connectivity index (χ0v) is 11.9. The highest BCUT2D eigenvalue weighted by molar-refractivity contribution is 5.30. The number of benzene rings is 1. The van der Waals surface area contributed by atoms with Crippen molar-refractivity contribution >= 4 is 0 Å². The van der Waals surface area contributed by atoms with Crippen LogP contribution in [0, 0.1) is 0 Å². The van der Waals surface area contributed by atoms with Gasteiger partial charge in [-0.2, -0.15) is 0 Å². The molecule has 0 bridgehead atoms. The van der Waals surface area contributed by atoms with Crippen LogP contribution in [0.2, 0.25) is 0 Å². The van der Waals surface area contributed by atoms with E-state index in [9.17, 15) is 0 Å². The summed E-state index contributed by atoms with van der Waals surface area (Å²) in [5.41, 5.74) is 1.32. The van der Waals surface area contributed by atoms with Crippen molar-refractivity contribution in [2.75, 3.05) is 20.2 Å². The summed E-state index contributed by atoms with van der Waals surface area (Å²) in [6.07, 6.45) is 4.03. The van der Waals surface area contributed by atoms with E-state index in [-0.39, 0.29) is 0 Å². The fraction of sp³-hybridized carbons (Fsp3) is 0.625. The van der Waals surface area contributed by atoms with Crippen molar-refractivity contribution in [2.24, 2.45) is 0 Å². The van der Waals surface area contributed by atoms with Gasteiger partial charge in [-0.05, 0) is 50.4 Å². The average Bonchev–Trinajstić information content (AvgIpc) is 3.04. The van der Waals surface area contributed by atoms with Gasteiger partial charge in [0.15, 0.2) is 0 Å². The highest BCUT2D eigenvalue weighted by atomic mass is 16.5. The predicted octanol–water partition coefficient (Wildman–Crippen LogP) is 2.58. The Morgan fingerprint density at radius 1 is 1.32 bits per heavy atom. The average molecular weight is 260 g/mol. The fourth-order valence-electron chi connectivity index (χ4n) is 3.61. The van der Waals surface area contributed by atoms with Crippen molar-refractivity contribution in [3.63, 3.8) is 0 Å². The third-order valence-corrected chi connectivity index (χ3v) is 4.66. The first-order valence-corrected chi connectivity index (χ1v) is 7.42. The maximum Gasteiger partial charge on any atom is 0.119 e. The molecule has 3 nitrogen and oxygen atoms in total. The molecule has 2 unspecified atom stereocenters. The number of nitrogens with one attached hydrogen (secondary N) is 1. The van der Waals surface area contributed by atoms with Gasteiger partial charge < -0.3 is 10.1 Å². The Morgan fingerprint density at radius 3 is 3.05 bits per heavy atom. The quantitative estimate of drug-likeness (QED) is 0.900. The van der Waals surface area contributed by atoms with E-state index < -0.39 is 0 Å². The lowest BCUT2D eigenvalue weighted by molar-refractivity contribution is 0.291. The molecule has 0 spiro atoms. The van der Waals surface area contributed by atoms with Crippen LogP contribution in [-0.2, 0) is 0 Å². The summed E-state index contributed by atoms with van der Waals surface area (Å²) in [6.45, 7) is 4.83. The summed E-state index contributed by atoms with van der Waals surface area (Å²) in [5.74, 6) is 0.945. The SMILES string of the molecule is COc1cccc([C@@H](C)NC2CCN3CCCC23)c1. The molecule has 1 N–H and O–H groups in total. The fourth-order valence-corrected chi connectivity index (χ4v) is 3.61. The Bertz CT molecular complexity index is 435. The Balaban J connectivity index is 1.65. The summed E-state index contributed by atoms with van der Waals surface area (Å²) in [4.78, 5) is 2.65. The third-order valence-electron chi connectivity index (χ3n) is 4.66. The van der Waals surface area contributed by atoms with Gasteiger partial charge in [0.05, 0.1) is 7.11 Å². The number of fused-ring (bicyclic) bond motifs is 1. The van der Waals surface area contributed by atoms with Crippen LogP contribution in [0.1, 0.15) is 37.8 Å². The minimum absolute atomic E-state index is 0.389. The molecule has 2 aliphatic heterocycles. The molecule has 2 saturated heterocycles. The van der Waals surface area contributed by atoms with E-state index in [4.69, 9.17) is 4.74 Å². The van der Waals surface area contributed by atoms with Crippen molar-refractivity contribution in [3.05, 3.63) is 29.8 Å². The number of nitrogens with zero attached hydrogens (tertiary/aromatic N) is 1. The first-order chi connectivity index (χ1) is 9.28. The summed E-state index contributed by atoms with van der Waals surface area (Å²) < 4.78 is 5.31. The lowest BCUT2D eigenvalue weighted by atomic mass is 10.0. The van der Waals surface area contributed by atoms with Gasteiger partial charge >= 0.3 is 0 Å². The van der Waals surface area contributed by atoms with Crippen molar-refractivity contribution in [2.45, 2.75) is 44.3 Å². The van der Waals surface area contributed by atoms with Gasteiger partial charge in [0.1, 0.15) is 5.75 Å². The number of hydrogen-bond donors (Lipinski definition) is 1. The minimum atomic E-state index is 0.389. The van der Waals surface area contributed by atoms with E-state index in [2.05, 4.69) is 35.3 Å². The molecule has 2 fully saturated rings. The second kappa shape index (κ2) is 5.51. The largest absolute Gasteiger partial charge is 0.497 e. The van der Waals surface area contributed by atoms with Crippen LogP contribution in [0.5, 0.6) is 5.75 Å². The van der Waals surface area contributed by atoms with Gasteiger partial charge in [-0.1, -0.05) is 12.1 Å². The molecule has 3 heteroatoms. The standard InChI is InChI=1S/C16H24N2O/c1-12(13-5-3-6-14(11-13)19-2)17-15-8-10-18-9-4-7-16(15)18/h3,5-6,11-12,15-17H,4,7-10H2,1-2H3/t12-,15?,16?/m1/s1. The Hall–Kier alpha value is -1.06. The van der Waals surface area contributed by atoms with Gasteiger partial charge in [0.2, 0.25) is 0 Å². The first-order valence-electron chi connectivity index (χ1n) is 7.42.